The number of nitrogens with zero attached hydrogens (tertiary/aromatic N) is 4. The van der Waals surface area contributed by atoms with E-state index in [9.17, 15) is 9.18 Å². The number of anilines is 1. The maximum atomic E-state index is 13.8. The molecule has 0 amide bonds. The summed E-state index contributed by atoms with van der Waals surface area (Å²) in [5, 5.41) is 11.9. The van der Waals surface area contributed by atoms with E-state index in [4.69, 9.17) is 0 Å². The van der Waals surface area contributed by atoms with Crippen LogP contribution in [0.2, 0.25) is 0 Å². The molecular formula is C17H14FN5O. The van der Waals surface area contributed by atoms with E-state index in [0.717, 1.165) is 5.52 Å². The Balaban J connectivity index is 1.85. The number of fused-ring (bicyclic) bond motifs is 3. The Morgan fingerprint density at radius 1 is 1.08 bits per heavy atom. The molecule has 7 heteroatoms. The van der Waals surface area contributed by atoms with Crippen LogP contribution in [-0.2, 0) is 13.6 Å². The molecule has 2 heterocycles. The summed E-state index contributed by atoms with van der Waals surface area (Å²) in [5.41, 5.74) is 0.994. The van der Waals surface area contributed by atoms with E-state index >= 15 is 0 Å². The van der Waals surface area contributed by atoms with Gasteiger partial charge in [0, 0.05) is 7.05 Å². The third kappa shape index (κ3) is 2.13. The van der Waals surface area contributed by atoms with Crippen molar-refractivity contribution in [3.63, 3.8) is 0 Å². The smallest absolute Gasteiger partial charge is 0.262 e. The van der Waals surface area contributed by atoms with Gasteiger partial charge in [-0.1, -0.05) is 24.3 Å². The fourth-order valence-electron chi connectivity index (χ4n) is 2.79. The molecule has 0 fully saturated rings. The molecule has 0 aliphatic carbocycles. The maximum absolute atomic E-state index is 13.8. The van der Waals surface area contributed by atoms with Gasteiger partial charge in [-0.3, -0.25) is 13.8 Å². The Morgan fingerprint density at radius 3 is 2.67 bits per heavy atom. The number of hydrogen-bond donors (Lipinski definition) is 1. The van der Waals surface area contributed by atoms with Crippen LogP contribution in [0.5, 0.6) is 0 Å². The van der Waals surface area contributed by atoms with Crippen LogP contribution in [0.1, 0.15) is 5.82 Å². The van der Waals surface area contributed by atoms with Gasteiger partial charge in [0.1, 0.15) is 5.82 Å². The first-order valence-electron chi connectivity index (χ1n) is 7.47. The lowest BCUT2D eigenvalue weighted by Gasteiger charge is -2.09. The summed E-state index contributed by atoms with van der Waals surface area (Å²) in [5.74, 6) is 0.715. The minimum atomic E-state index is -0.330. The molecule has 24 heavy (non-hydrogen) atoms. The number of benzene rings is 2. The summed E-state index contributed by atoms with van der Waals surface area (Å²) in [4.78, 5) is 12.4. The molecule has 4 rings (SSSR count). The van der Waals surface area contributed by atoms with Gasteiger partial charge >= 0.3 is 0 Å². The Bertz CT molecular complexity index is 1120. The third-order valence-corrected chi connectivity index (χ3v) is 4.00. The Kier molecular flexibility index (Phi) is 3.26. The van der Waals surface area contributed by atoms with Crippen LogP contribution in [0, 0.1) is 5.82 Å². The van der Waals surface area contributed by atoms with Crippen molar-refractivity contribution in [3.8, 4) is 0 Å². The molecule has 0 bridgehead atoms. The fraction of sp³-hybridized carbons (Fsp3) is 0.118. The number of aryl methyl sites for hydroxylation is 1. The number of para-hydroxylation sites is 2. The van der Waals surface area contributed by atoms with Crippen LogP contribution in [-0.4, -0.2) is 19.2 Å². The van der Waals surface area contributed by atoms with E-state index in [1.54, 1.807) is 31.3 Å². The molecule has 0 radical (unpaired) electrons. The normalized spacial score (nSPS) is 11.2. The molecule has 6 nitrogen and oxygen atoms in total. The molecule has 120 valence electrons. The molecule has 2 aromatic carbocycles. The van der Waals surface area contributed by atoms with Crippen molar-refractivity contribution in [2.45, 2.75) is 6.54 Å². The summed E-state index contributed by atoms with van der Waals surface area (Å²) in [7, 11) is 1.66. The van der Waals surface area contributed by atoms with Gasteiger partial charge < -0.3 is 5.32 Å². The minimum Gasteiger partial charge on any atom is -0.375 e. The van der Waals surface area contributed by atoms with Gasteiger partial charge in [-0.05, 0) is 24.3 Å². The molecule has 4 aromatic rings. The highest BCUT2D eigenvalue weighted by molar-refractivity contribution is 5.80. The largest absolute Gasteiger partial charge is 0.375 e. The van der Waals surface area contributed by atoms with Crippen LogP contribution in [0.15, 0.2) is 53.3 Å². The SMILES string of the molecule is Cn1c(=O)c2ccccc2n2c(CNc3ccccc3F)nnc12. The van der Waals surface area contributed by atoms with Crippen molar-refractivity contribution in [2.75, 3.05) is 5.32 Å². The van der Waals surface area contributed by atoms with Gasteiger partial charge in [-0.25, -0.2) is 4.39 Å². The van der Waals surface area contributed by atoms with Crippen molar-refractivity contribution in [2.24, 2.45) is 7.05 Å². The predicted molar refractivity (Wildman–Crippen MR) is 89.5 cm³/mol. The van der Waals surface area contributed by atoms with Gasteiger partial charge in [0.15, 0.2) is 5.82 Å². The van der Waals surface area contributed by atoms with E-state index in [1.165, 1.54) is 10.6 Å². The van der Waals surface area contributed by atoms with E-state index in [2.05, 4.69) is 15.5 Å². The lowest BCUT2D eigenvalue weighted by molar-refractivity contribution is 0.629. The number of halogens is 1. The number of hydrogen-bond acceptors (Lipinski definition) is 4. The van der Waals surface area contributed by atoms with E-state index in [-0.39, 0.29) is 17.9 Å². The van der Waals surface area contributed by atoms with Gasteiger partial charge in [0.05, 0.1) is 23.1 Å². The molecule has 0 aliphatic heterocycles. The van der Waals surface area contributed by atoms with E-state index < -0.39 is 0 Å². The van der Waals surface area contributed by atoms with Crippen molar-refractivity contribution in [1.29, 1.82) is 0 Å². The molecule has 0 saturated carbocycles. The number of aromatic nitrogens is 4. The van der Waals surface area contributed by atoms with Crippen molar-refractivity contribution < 1.29 is 4.39 Å². The monoisotopic (exact) mass is 323 g/mol. The van der Waals surface area contributed by atoms with Crippen LogP contribution >= 0.6 is 0 Å². The van der Waals surface area contributed by atoms with Crippen LogP contribution < -0.4 is 10.9 Å². The van der Waals surface area contributed by atoms with Crippen molar-refractivity contribution in [1.82, 2.24) is 19.2 Å². The van der Waals surface area contributed by atoms with Crippen LogP contribution in [0.3, 0.4) is 0 Å². The zero-order valence-electron chi connectivity index (χ0n) is 12.9. The first kappa shape index (κ1) is 14.4. The van der Waals surface area contributed by atoms with Crippen molar-refractivity contribution in [3.05, 3.63) is 70.5 Å². The summed E-state index contributed by atoms with van der Waals surface area (Å²) in [6.07, 6.45) is 0. The number of nitrogens with one attached hydrogen (secondary N) is 1. The highest BCUT2D eigenvalue weighted by Gasteiger charge is 2.14. The first-order chi connectivity index (χ1) is 11.7. The average molecular weight is 323 g/mol. The van der Waals surface area contributed by atoms with Gasteiger partial charge in [-0.15, -0.1) is 10.2 Å². The topological polar surface area (TPSA) is 64.2 Å². The standard InChI is InChI=1S/C17H14FN5O/c1-22-16(24)11-6-2-5-9-14(11)23-15(20-21-17(22)23)10-19-13-8-4-3-7-12(13)18/h2-9,19H,10H2,1H3. The van der Waals surface area contributed by atoms with Gasteiger partial charge in [0.25, 0.3) is 5.56 Å². The van der Waals surface area contributed by atoms with Crippen LogP contribution in [0.25, 0.3) is 16.7 Å². The summed E-state index contributed by atoms with van der Waals surface area (Å²) < 4.78 is 17.0. The lowest BCUT2D eigenvalue weighted by Crippen LogP contribution is -2.20. The zero-order chi connectivity index (χ0) is 16.7. The summed E-state index contributed by atoms with van der Waals surface area (Å²) >= 11 is 0. The van der Waals surface area contributed by atoms with Crippen LogP contribution in [0.4, 0.5) is 10.1 Å². The molecule has 2 aromatic heterocycles. The molecule has 0 atom stereocenters. The van der Waals surface area contributed by atoms with Gasteiger partial charge in [0.2, 0.25) is 5.78 Å². The van der Waals surface area contributed by atoms with E-state index in [1.807, 2.05) is 22.6 Å². The molecule has 0 aliphatic rings. The maximum Gasteiger partial charge on any atom is 0.262 e. The molecular weight excluding hydrogens is 309 g/mol. The zero-order valence-corrected chi connectivity index (χ0v) is 12.9. The molecule has 1 N–H and O–H groups in total. The Hall–Kier alpha value is -3.22. The van der Waals surface area contributed by atoms with Crippen molar-refractivity contribution >= 4 is 22.4 Å². The fourth-order valence-corrected chi connectivity index (χ4v) is 2.79. The summed E-state index contributed by atoms with van der Waals surface area (Å²) in [6.45, 7) is 0.282. The first-order valence-corrected chi connectivity index (χ1v) is 7.47. The third-order valence-electron chi connectivity index (χ3n) is 4.00. The Labute approximate surface area is 136 Å². The second-order valence-electron chi connectivity index (χ2n) is 5.47. The van der Waals surface area contributed by atoms with E-state index in [0.29, 0.717) is 22.7 Å². The minimum absolute atomic E-state index is 0.126. The predicted octanol–water partition coefficient (Wildman–Crippen LogP) is 2.33. The summed E-state index contributed by atoms with van der Waals surface area (Å²) in [6, 6.07) is 13.7. The molecule has 0 unspecified atom stereocenters. The lowest BCUT2D eigenvalue weighted by atomic mass is 10.2. The highest BCUT2D eigenvalue weighted by Crippen LogP contribution is 2.16. The quantitative estimate of drug-likeness (QED) is 0.628. The molecule has 0 spiro atoms. The molecule has 0 saturated heterocycles. The second-order valence-corrected chi connectivity index (χ2v) is 5.47. The Morgan fingerprint density at radius 2 is 1.83 bits per heavy atom. The number of rotatable bonds is 3. The van der Waals surface area contributed by atoms with Gasteiger partial charge in [-0.2, -0.15) is 0 Å². The average Bonchev–Trinajstić information content (AvgIpc) is 3.03. The highest BCUT2D eigenvalue weighted by atomic mass is 19.1. The second kappa shape index (κ2) is 5.45.